The summed E-state index contributed by atoms with van der Waals surface area (Å²) in [6, 6.07) is 0.176. The van der Waals surface area contributed by atoms with Gasteiger partial charge in [0, 0.05) is 31.5 Å². The summed E-state index contributed by atoms with van der Waals surface area (Å²) in [4.78, 5) is 26.9. The number of rotatable bonds is 3. The molecule has 0 aromatic carbocycles. The van der Waals surface area contributed by atoms with E-state index < -0.39 is 0 Å². The van der Waals surface area contributed by atoms with Crippen molar-refractivity contribution in [1.82, 2.24) is 4.90 Å². The number of hydrogen-bond donors (Lipinski definition) is 0. The Kier molecular flexibility index (Phi) is 4.11. The number of likely N-dealkylation sites (tertiary alicyclic amines) is 1. The fourth-order valence-corrected chi connectivity index (χ4v) is 4.28. The molecule has 4 heteroatoms. The molecule has 4 atom stereocenters. The molecule has 0 N–H and O–H groups in total. The maximum Gasteiger partial charge on any atom is 0.228 e. The average molecular weight is 279 g/mol. The molecule has 1 amide bonds. The molecule has 2 saturated heterocycles. The number of amides is 1. The van der Waals surface area contributed by atoms with Crippen molar-refractivity contribution in [1.29, 1.82) is 0 Å². The van der Waals surface area contributed by atoms with Gasteiger partial charge in [0.1, 0.15) is 5.78 Å². The number of ketones is 1. The van der Waals surface area contributed by atoms with Gasteiger partial charge in [0.15, 0.2) is 0 Å². The number of ether oxygens (including phenoxy) is 1. The summed E-state index contributed by atoms with van der Waals surface area (Å²) < 4.78 is 5.66. The molecule has 20 heavy (non-hydrogen) atoms. The van der Waals surface area contributed by atoms with Crippen molar-refractivity contribution in [2.75, 3.05) is 13.2 Å². The topological polar surface area (TPSA) is 46.6 Å². The van der Waals surface area contributed by atoms with Crippen molar-refractivity contribution in [3.8, 4) is 0 Å². The van der Waals surface area contributed by atoms with E-state index in [4.69, 9.17) is 4.74 Å². The first-order valence-electron chi connectivity index (χ1n) is 8.17. The third kappa shape index (κ3) is 2.39. The van der Waals surface area contributed by atoms with Crippen LogP contribution in [0.5, 0.6) is 0 Å². The highest BCUT2D eigenvalue weighted by atomic mass is 16.5. The molecular weight excluding hydrogens is 254 g/mol. The Morgan fingerprint density at radius 1 is 1.30 bits per heavy atom. The molecule has 0 bridgehead atoms. The van der Waals surface area contributed by atoms with Crippen LogP contribution in [-0.4, -0.2) is 41.9 Å². The molecule has 4 unspecified atom stereocenters. The predicted molar refractivity (Wildman–Crippen MR) is 75.2 cm³/mol. The molecule has 112 valence electrons. The Morgan fingerprint density at radius 3 is 2.85 bits per heavy atom. The summed E-state index contributed by atoms with van der Waals surface area (Å²) in [6.45, 7) is 3.62. The zero-order valence-electron chi connectivity index (χ0n) is 12.3. The Hall–Kier alpha value is -0.900. The maximum absolute atomic E-state index is 12.8. The molecule has 4 nitrogen and oxygen atoms in total. The van der Waals surface area contributed by atoms with E-state index in [1.165, 1.54) is 0 Å². The smallest absolute Gasteiger partial charge is 0.228 e. The van der Waals surface area contributed by atoms with Gasteiger partial charge in [-0.15, -0.1) is 0 Å². The lowest BCUT2D eigenvalue weighted by atomic mass is 9.92. The van der Waals surface area contributed by atoms with Crippen LogP contribution >= 0.6 is 0 Å². The number of hydrogen-bond acceptors (Lipinski definition) is 3. The molecular formula is C16H25NO3. The van der Waals surface area contributed by atoms with E-state index in [0.717, 1.165) is 45.1 Å². The van der Waals surface area contributed by atoms with Crippen molar-refractivity contribution in [3.05, 3.63) is 0 Å². The second-order valence-corrected chi connectivity index (χ2v) is 6.42. The van der Waals surface area contributed by atoms with Crippen LogP contribution in [-0.2, 0) is 14.3 Å². The predicted octanol–water partition coefficient (Wildman–Crippen LogP) is 2.16. The van der Waals surface area contributed by atoms with Gasteiger partial charge in [0.05, 0.1) is 12.0 Å². The van der Waals surface area contributed by atoms with Crippen LogP contribution in [0.1, 0.15) is 51.9 Å². The van der Waals surface area contributed by atoms with E-state index in [0.29, 0.717) is 18.8 Å². The lowest BCUT2D eigenvalue weighted by molar-refractivity contribution is -0.140. The summed E-state index contributed by atoms with van der Waals surface area (Å²) in [5.74, 6) is 0.766. The Morgan fingerprint density at radius 2 is 2.15 bits per heavy atom. The first kappa shape index (κ1) is 14.1. The average Bonchev–Trinajstić information content (AvgIpc) is 3.17. The highest BCUT2D eigenvalue weighted by Crippen LogP contribution is 2.36. The summed E-state index contributed by atoms with van der Waals surface area (Å²) in [5.41, 5.74) is 0. The third-order valence-electron chi connectivity index (χ3n) is 5.33. The number of carbonyl (C=O) groups excluding carboxylic acids is 2. The molecule has 0 aromatic heterocycles. The SMILES string of the molecule is CCC1OCCC1C(=O)N1CCCC1C1CCCC1=O. The quantitative estimate of drug-likeness (QED) is 0.795. The first-order valence-corrected chi connectivity index (χ1v) is 8.17. The minimum absolute atomic E-state index is 0.0251. The summed E-state index contributed by atoms with van der Waals surface area (Å²) in [6.07, 6.45) is 6.58. The normalized spacial score (nSPS) is 37.9. The molecule has 0 spiro atoms. The van der Waals surface area contributed by atoms with Crippen molar-refractivity contribution >= 4 is 11.7 Å². The molecule has 3 aliphatic rings. The van der Waals surface area contributed by atoms with Gasteiger partial charge in [-0.25, -0.2) is 0 Å². The first-order chi connectivity index (χ1) is 9.72. The maximum atomic E-state index is 12.8. The zero-order chi connectivity index (χ0) is 14.1. The highest BCUT2D eigenvalue weighted by Gasteiger charge is 2.44. The van der Waals surface area contributed by atoms with Crippen LogP contribution in [0.2, 0.25) is 0 Å². The van der Waals surface area contributed by atoms with E-state index in [9.17, 15) is 9.59 Å². The lowest BCUT2D eigenvalue weighted by Gasteiger charge is -2.31. The van der Waals surface area contributed by atoms with Crippen molar-refractivity contribution in [2.24, 2.45) is 11.8 Å². The fraction of sp³-hybridized carbons (Fsp3) is 0.875. The molecule has 3 fully saturated rings. The third-order valence-corrected chi connectivity index (χ3v) is 5.33. The van der Waals surface area contributed by atoms with E-state index in [1.807, 2.05) is 4.90 Å². The van der Waals surface area contributed by atoms with Crippen LogP contribution in [0.25, 0.3) is 0 Å². The van der Waals surface area contributed by atoms with Crippen LogP contribution in [0.4, 0.5) is 0 Å². The van der Waals surface area contributed by atoms with Crippen molar-refractivity contribution < 1.29 is 14.3 Å². The standard InChI is InChI=1S/C16H25NO3/c1-2-15-12(8-10-20-15)16(19)17-9-4-6-13(17)11-5-3-7-14(11)18/h11-13,15H,2-10H2,1H3. The van der Waals surface area contributed by atoms with Crippen LogP contribution in [0.15, 0.2) is 0 Å². The Balaban J connectivity index is 1.71. The fourth-order valence-electron chi connectivity index (χ4n) is 4.28. The molecule has 1 saturated carbocycles. The second-order valence-electron chi connectivity index (χ2n) is 6.42. The minimum atomic E-state index is 0.0251. The highest BCUT2D eigenvalue weighted by molar-refractivity contribution is 5.85. The molecule has 2 heterocycles. The molecule has 1 aliphatic carbocycles. The number of nitrogens with zero attached hydrogens (tertiary/aromatic N) is 1. The second kappa shape index (κ2) is 5.84. The van der Waals surface area contributed by atoms with E-state index in [-0.39, 0.29) is 29.9 Å². The van der Waals surface area contributed by atoms with Crippen LogP contribution in [0.3, 0.4) is 0 Å². The minimum Gasteiger partial charge on any atom is -0.377 e. The zero-order valence-corrected chi connectivity index (χ0v) is 12.3. The van der Waals surface area contributed by atoms with Gasteiger partial charge in [0.2, 0.25) is 5.91 Å². The molecule has 0 radical (unpaired) electrons. The number of Topliss-reactive ketones (excluding diaryl/α,β-unsaturated/α-hetero) is 1. The molecule has 2 aliphatic heterocycles. The van der Waals surface area contributed by atoms with E-state index in [2.05, 4.69) is 6.92 Å². The van der Waals surface area contributed by atoms with Gasteiger partial charge in [-0.3, -0.25) is 9.59 Å². The van der Waals surface area contributed by atoms with Gasteiger partial charge >= 0.3 is 0 Å². The van der Waals surface area contributed by atoms with Crippen molar-refractivity contribution in [3.63, 3.8) is 0 Å². The van der Waals surface area contributed by atoms with Gasteiger partial charge in [-0.1, -0.05) is 6.92 Å². The summed E-state index contributed by atoms with van der Waals surface area (Å²) >= 11 is 0. The van der Waals surface area contributed by atoms with Gasteiger partial charge in [-0.05, 0) is 38.5 Å². The van der Waals surface area contributed by atoms with E-state index in [1.54, 1.807) is 0 Å². The lowest BCUT2D eigenvalue weighted by Crippen LogP contribution is -2.45. The molecule has 0 aromatic rings. The molecule has 3 rings (SSSR count). The van der Waals surface area contributed by atoms with Gasteiger partial charge in [-0.2, -0.15) is 0 Å². The van der Waals surface area contributed by atoms with Gasteiger partial charge < -0.3 is 9.64 Å². The van der Waals surface area contributed by atoms with Crippen LogP contribution in [0, 0.1) is 11.8 Å². The number of carbonyl (C=O) groups is 2. The Bertz CT molecular complexity index is 395. The largest absolute Gasteiger partial charge is 0.377 e. The van der Waals surface area contributed by atoms with Gasteiger partial charge in [0.25, 0.3) is 0 Å². The van der Waals surface area contributed by atoms with E-state index >= 15 is 0 Å². The van der Waals surface area contributed by atoms with Crippen molar-refractivity contribution in [2.45, 2.75) is 64.0 Å². The Labute approximate surface area is 120 Å². The van der Waals surface area contributed by atoms with Crippen LogP contribution < -0.4 is 0 Å². The monoisotopic (exact) mass is 279 g/mol. The summed E-state index contributed by atoms with van der Waals surface area (Å²) in [7, 11) is 0. The summed E-state index contributed by atoms with van der Waals surface area (Å²) in [5, 5.41) is 0.